The number of aryl methyl sites for hydroxylation is 1. The molecule has 0 radical (unpaired) electrons. The SMILES string of the molecule is CC(=O)N(C(=O)NC1CCCCC1)c1cccc(C)c1. The molecule has 1 aliphatic carbocycles. The number of benzene rings is 1. The predicted octanol–water partition coefficient (Wildman–Crippen LogP) is 3.39. The molecule has 1 aliphatic rings. The molecule has 2 rings (SSSR count). The van der Waals surface area contributed by atoms with E-state index in [4.69, 9.17) is 0 Å². The normalized spacial score (nSPS) is 15.7. The molecule has 1 aromatic carbocycles. The van der Waals surface area contributed by atoms with Gasteiger partial charge in [0, 0.05) is 13.0 Å². The quantitative estimate of drug-likeness (QED) is 0.898. The summed E-state index contributed by atoms with van der Waals surface area (Å²) in [5.41, 5.74) is 1.66. The van der Waals surface area contributed by atoms with Gasteiger partial charge in [-0.3, -0.25) is 4.79 Å². The average molecular weight is 274 g/mol. The van der Waals surface area contributed by atoms with E-state index in [1.807, 2.05) is 25.1 Å². The molecule has 0 aromatic heterocycles. The van der Waals surface area contributed by atoms with Crippen LogP contribution in [0.1, 0.15) is 44.6 Å². The first-order valence-electron chi connectivity index (χ1n) is 7.26. The lowest BCUT2D eigenvalue weighted by Crippen LogP contribution is -2.47. The molecule has 3 amide bonds. The summed E-state index contributed by atoms with van der Waals surface area (Å²) in [5.74, 6) is -0.260. The lowest BCUT2D eigenvalue weighted by Gasteiger charge is -2.27. The topological polar surface area (TPSA) is 49.4 Å². The third kappa shape index (κ3) is 3.59. The standard InChI is InChI=1S/C16H22N2O2/c1-12-7-6-10-15(11-12)18(13(2)19)16(20)17-14-8-4-3-5-9-14/h6-7,10-11,14H,3-5,8-9H2,1-2H3,(H,17,20). The van der Waals surface area contributed by atoms with Crippen molar-refractivity contribution in [1.82, 2.24) is 5.32 Å². The Hall–Kier alpha value is -1.84. The number of carbonyl (C=O) groups is 2. The van der Waals surface area contributed by atoms with E-state index in [1.165, 1.54) is 18.2 Å². The summed E-state index contributed by atoms with van der Waals surface area (Å²) in [6.45, 7) is 3.36. The molecule has 20 heavy (non-hydrogen) atoms. The minimum absolute atomic E-state index is 0.197. The van der Waals surface area contributed by atoms with E-state index >= 15 is 0 Å². The Balaban J connectivity index is 2.11. The fraction of sp³-hybridized carbons (Fsp3) is 0.500. The van der Waals surface area contributed by atoms with Crippen LogP contribution in [0, 0.1) is 6.92 Å². The van der Waals surface area contributed by atoms with Gasteiger partial charge in [0.1, 0.15) is 0 Å². The number of carbonyl (C=O) groups excluding carboxylic acids is 2. The number of imide groups is 1. The smallest absolute Gasteiger partial charge is 0.328 e. The predicted molar refractivity (Wildman–Crippen MR) is 79.7 cm³/mol. The Kier molecular flexibility index (Phi) is 4.77. The highest BCUT2D eigenvalue weighted by Gasteiger charge is 2.23. The fourth-order valence-electron chi connectivity index (χ4n) is 2.70. The molecule has 0 bridgehead atoms. The Morgan fingerprint density at radius 2 is 1.90 bits per heavy atom. The Bertz CT molecular complexity index is 493. The summed E-state index contributed by atoms with van der Waals surface area (Å²) in [4.78, 5) is 25.4. The molecule has 0 spiro atoms. The van der Waals surface area contributed by atoms with Crippen LogP contribution in [-0.4, -0.2) is 18.0 Å². The maximum absolute atomic E-state index is 12.4. The molecule has 4 nitrogen and oxygen atoms in total. The summed E-state index contributed by atoms with van der Waals surface area (Å²) in [5, 5.41) is 2.98. The van der Waals surface area contributed by atoms with Gasteiger partial charge in [-0.25, -0.2) is 9.69 Å². The number of anilines is 1. The van der Waals surface area contributed by atoms with Gasteiger partial charge in [0.25, 0.3) is 0 Å². The monoisotopic (exact) mass is 274 g/mol. The van der Waals surface area contributed by atoms with Gasteiger partial charge in [-0.2, -0.15) is 0 Å². The van der Waals surface area contributed by atoms with Crippen molar-refractivity contribution in [3.8, 4) is 0 Å². The van der Waals surface area contributed by atoms with Crippen LogP contribution in [0.25, 0.3) is 0 Å². The first-order chi connectivity index (χ1) is 9.58. The van der Waals surface area contributed by atoms with E-state index in [0.29, 0.717) is 5.69 Å². The zero-order chi connectivity index (χ0) is 14.5. The van der Waals surface area contributed by atoms with Gasteiger partial charge in [0.15, 0.2) is 0 Å². The number of hydrogen-bond donors (Lipinski definition) is 1. The summed E-state index contributed by atoms with van der Waals surface area (Å²) >= 11 is 0. The molecular formula is C16H22N2O2. The molecule has 1 fully saturated rings. The molecule has 0 unspecified atom stereocenters. The molecule has 1 aromatic rings. The van der Waals surface area contributed by atoms with Crippen molar-refractivity contribution in [1.29, 1.82) is 0 Å². The maximum Gasteiger partial charge on any atom is 0.328 e. The average Bonchev–Trinajstić information content (AvgIpc) is 2.39. The van der Waals surface area contributed by atoms with Crippen molar-refractivity contribution in [3.05, 3.63) is 29.8 Å². The molecule has 4 heteroatoms. The van der Waals surface area contributed by atoms with Crippen LogP contribution in [0.2, 0.25) is 0 Å². The van der Waals surface area contributed by atoms with Gasteiger partial charge < -0.3 is 5.32 Å². The number of urea groups is 1. The summed E-state index contributed by atoms with van der Waals surface area (Å²) < 4.78 is 0. The Morgan fingerprint density at radius 3 is 2.50 bits per heavy atom. The van der Waals surface area contributed by atoms with Gasteiger partial charge in [0.2, 0.25) is 5.91 Å². The minimum Gasteiger partial charge on any atom is -0.335 e. The number of hydrogen-bond acceptors (Lipinski definition) is 2. The van der Waals surface area contributed by atoms with E-state index in [0.717, 1.165) is 31.2 Å². The first-order valence-corrected chi connectivity index (χ1v) is 7.26. The second-order valence-corrected chi connectivity index (χ2v) is 5.48. The van der Waals surface area contributed by atoms with Gasteiger partial charge >= 0.3 is 6.03 Å². The molecule has 1 N–H and O–H groups in total. The highest BCUT2D eigenvalue weighted by molar-refractivity contribution is 6.13. The first kappa shape index (κ1) is 14.6. The largest absolute Gasteiger partial charge is 0.335 e. The van der Waals surface area contributed by atoms with Crippen molar-refractivity contribution in [2.45, 2.75) is 52.0 Å². The van der Waals surface area contributed by atoms with E-state index in [-0.39, 0.29) is 18.0 Å². The van der Waals surface area contributed by atoms with Gasteiger partial charge in [-0.1, -0.05) is 31.4 Å². The van der Waals surface area contributed by atoms with Gasteiger partial charge in [-0.15, -0.1) is 0 Å². The molecule has 1 saturated carbocycles. The third-order valence-electron chi connectivity index (χ3n) is 3.71. The second-order valence-electron chi connectivity index (χ2n) is 5.48. The second kappa shape index (κ2) is 6.55. The van der Waals surface area contributed by atoms with Crippen LogP contribution in [0.15, 0.2) is 24.3 Å². The van der Waals surface area contributed by atoms with E-state index in [9.17, 15) is 9.59 Å². The van der Waals surface area contributed by atoms with Gasteiger partial charge in [0.05, 0.1) is 5.69 Å². The molecule has 0 saturated heterocycles. The van der Waals surface area contributed by atoms with Crippen molar-refractivity contribution < 1.29 is 9.59 Å². The maximum atomic E-state index is 12.4. The lowest BCUT2D eigenvalue weighted by atomic mass is 9.96. The van der Waals surface area contributed by atoms with Crippen LogP contribution in [-0.2, 0) is 4.79 Å². The molecular weight excluding hydrogens is 252 g/mol. The highest BCUT2D eigenvalue weighted by Crippen LogP contribution is 2.20. The highest BCUT2D eigenvalue weighted by atomic mass is 16.2. The van der Waals surface area contributed by atoms with E-state index in [2.05, 4.69) is 5.32 Å². The summed E-state index contributed by atoms with van der Waals surface area (Å²) in [6.07, 6.45) is 5.54. The number of nitrogens with one attached hydrogen (secondary N) is 1. The van der Waals surface area contributed by atoms with Crippen LogP contribution < -0.4 is 10.2 Å². The summed E-state index contributed by atoms with van der Waals surface area (Å²) in [6, 6.07) is 7.32. The number of rotatable bonds is 2. The zero-order valence-corrected chi connectivity index (χ0v) is 12.2. The van der Waals surface area contributed by atoms with Crippen LogP contribution >= 0.6 is 0 Å². The van der Waals surface area contributed by atoms with Gasteiger partial charge in [-0.05, 0) is 37.5 Å². The van der Waals surface area contributed by atoms with E-state index in [1.54, 1.807) is 6.07 Å². The van der Waals surface area contributed by atoms with Crippen molar-refractivity contribution in [2.75, 3.05) is 4.90 Å². The van der Waals surface area contributed by atoms with Crippen molar-refractivity contribution in [3.63, 3.8) is 0 Å². The van der Waals surface area contributed by atoms with E-state index < -0.39 is 0 Å². The lowest BCUT2D eigenvalue weighted by molar-refractivity contribution is -0.115. The molecule has 0 atom stereocenters. The molecule has 0 heterocycles. The Labute approximate surface area is 120 Å². The number of amides is 3. The molecule has 108 valence electrons. The fourth-order valence-corrected chi connectivity index (χ4v) is 2.70. The van der Waals surface area contributed by atoms with Crippen molar-refractivity contribution >= 4 is 17.6 Å². The Morgan fingerprint density at radius 1 is 1.20 bits per heavy atom. The van der Waals surface area contributed by atoms with Crippen LogP contribution in [0.4, 0.5) is 10.5 Å². The minimum atomic E-state index is -0.310. The van der Waals surface area contributed by atoms with Crippen molar-refractivity contribution in [2.24, 2.45) is 0 Å². The van der Waals surface area contributed by atoms with Crippen LogP contribution in [0.3, 0.4) is 0 Å². The zero-order valence-electron chi connectivity index (χ0n) is 12.2. The third-order valence-corrected chi connectivity index (χ3v) is 3.71. The summed E-state index contributed by atoms with van der Waals surface area (Å²) in [7, 11) is 0. The molecule has 0 aliphatic heterocycles. The van der Waals surface area contributed by atoms with Crippen LogP contribution in [0.5, 0.6) is 0 Å². The number of nitrogens with zero attached hydrogens (tertiary/aromatic N) is 1.